The topological polar surface area (TPSA) is 130 Å². The lowest BCUT2D eigenvalue weighted by molar-refractivity contribution is -0.123. The molecular formula is C29H34N6O5. The normalized spacial score (nSPS) is 20.7. The molecule has 0 spiro atoms. The van der Waals surface area contributed by atoms with Gasteiger partial charge in [0.1, 0.15) is 17.7 Å². The largest absolute Gasteiger partial charge is 0.490 e. The first kappa shape index (κ1) is 27.2. The standard InChI is InChI=1S/C29H34N6O5/c1-3-39-22-8-4-5-9-23(22)40-21-7-6-13-34(18-21)26-17-30-16-24(32-26)33-28(38)29(2)12-14-35(19-29)25-11-10-20(15-31-25)27(36)37/h4-5,8-11,15-17,21H,3,6-7,12-14,18-19H2,1-2H3,(H,36,37)(H,32,33,38)/t21-,29?/m1/s1. The van der Waals surface area contributed by atoms with Crippen molar-refractivity contribution in [1.29, 1.82) is 0 Å². The summed E-state index contributed by atoms with van der Waals surface area (Å²) in [4.78, 5) is 41.9. The van der Waals surface area contributed by atoms with Gasteiger partial charge in [0.25, 0.3) is 0 Å². The van der Waals surface area contributed by atoms with Crippen LogP contribution in [0.15, 0.2) is 55.0 Å². The highest BCUT2D eigenvalue weighted by atomic mass is 16.5. The van der Waals surface area contributed by atoms with Crippen LogP contribution in [0, 0.1) is 5.41 Å². The molecule has 1 aromatic carbocycles. The van der Waals surface area contributed by atoms with E-state index in [2.05, 4.69) is 20.2 Å². The summed E-state index contributed by atoms with van der Waals surface area (Å²) in [5, 5.41) is 12.1. The Morgan fingerprint density at radius 3 is 2.65 bits per heavy atom. The molecule has 2 N–H and O–H groups in total. The van der Waals surface area contributed by atoms with Crippen molar-refractivity contribution in [1.82, 2.24) is 15.0 Å². The number of aromatic nitrogens is 3. The zero-order chi connectivity index (χ0) is 28.1. The molecule has 2 aromatic heterocycles. The molecule has 2 aliphatic heterocycles. The highest BCUT2D eigenvalue weighted by molar-refractivity contribution is 5.95. The number of ether oxygens (including phenoxy) is 2. The van der Waals surface area contributed by atoms with Gasteiger partial charge in [-0.3, -0.25) is 9.78 Å². The molecule has 3 aromatic rings. The number of nitrogens with zero attached hydrogens (tertiary/aromatic N) is 5. The average Bonchev–Trinajstić information content (AvgIpc) is 3.38. The van der Waals surface area contributed by atoms with Crippen LogP contribution in [-0.4, -0.2) is 70.8 Å². The van der Waals surface area contributed by atoms with Crippen molar-refractivity contribution in [2.24, 2.45) is 5.41 Å². The van der Waals surface area contributed by atoms with E-state index in [0.29, 0.717) is 50.1 Å². The maximum atomic E-state index is 13.3. The van der Waals surface area contributed by atoms with Crippen molar-refractivity contribution in [3.8, 4) is 11.5 Å². The first-order chi connectivity index (χ1) is 19.3. The fraction of sp³-hybridized carbons (Fsp3) is 0.414. The zero-order valence-electron chi connectivity index (χ0n) is 22.7. The van der Waals surface area contributed by atoms with E-state index >= 15 is 0 Å². The van der Waals surface area contributed by atoms with Gasteiger partial charge in [-0.2, -0.15) is 0 Å². The number of anilines is 3. The smallest absolute Gasteiger partial charge is 0.337 e. The van der Waals surface area contributed by atoms with Crippen molar-refractivity contribution in [3.05, 3.63) is 60.6 Å². The summed E-state index contributed by atoms with van der Waals surface area (Å²) in [6, 6.07) is 10.9. The maximum absolute atomic E-state index is 13.3. The third-order valence-corrected chi connectivity index (χ3v) is 7.35. The Labute approximate surface area is 233 Å². The van der Waals surface area contributed by atoms with Crippen LogP contribution in [0.25, 0.3) is 0 Å². The second-order valence-corrected chi connectivity index (χ2v) is 10.4. The maximum Gasteiger partial charge on any atom is 0.337 e. The molecule has 2 saturated heterocycles. The van der Waals surface area contributed by atoms with Crippen molar-refractivity contribution >= 4 is 29.3 Å². The van der Waals surface area contributed by atoms with E-state index in [1.807, 2.05) is 43.0 Å². The van der Waals surface area contributed by atoms with Crippen LogP contribution < -0.4 is 24.6 Å². The Kier molecular flexibility index (Phi) is 7.99. The molecule has 2 fully saturated rings. The van der Waals surface area contributed by atoms with Crippen molar-refractivity contribution < 1.29 is 24.2 Å². The fourth-order valence-electron chi connectivity index (χ4n) is 5.12. The van der Waals surface area contributed by atoms with Crippen LogP contribution >= 0.6 is 0 Å². The molecule has 210 valence electrons. The van der Waals surface area contributed by atoms with Crippen LogP contribution in [0.3, 0.4) is 0 Å². The summed E-state index contributed by atoms with van der Waals surface area (Å²) in [6.45, 7) is 6.99. The van der Waals surface area contributed by atoms with Crippen LogP contribution in [0.1, 0.15) is 43.5 Å². The summed E-state index contributed by atoms with van der Waals surface area (Å²) >= 11 is 0. The van der Waals surface area contributed by atoms with E-state index in [1.165, 1.54) is 12.3 Å². The van der Waals surface area contributed by atoms with Crippen LogP contribution in [-0.2, 0) is 4.79 Å². The number of amides is 1. The lowest BCUT2D eigenvalue weighted by Gasteiger charge is -2.34. The number of hydrogen-bond donors (Lipinski definition) is 2. The molecule has 11 nitrogen and oxygen atoms in total. The average molecular weight is 547 g/mol. The van der Waals surface area contributed by atoms with Gasteiger partial charge in [-0.25, -0.2) is 14.8 Å². The number of piperidine rings is 1. The number of rotatable bonds is 9. The molecule has 5 rings (SSSR count). The second kappa shape index (κ2) is 11.8. The number of carboxylic acid groups (broad SMARTS) is 1. The SMILES string of the molecule is CCOc1ccccc1O[C@@H]1CCCN(c2cncc(NC(=O)C3(C)CCN(c4ccc(C(=O)O)cn4)C3)n2)C1. The first-order valence-electron chi connectivity index (χ1n) is 13.6. The highest BCUT2D eigenvalue weighted by Crippen LogP contribution is 2.34. The Hall–Kier alpha value is -4.41. The highest BCUT2D eigenvalue weighted by Gasteiger charge is 2.41. The van der Waals surface area contributed by atoms with Crippen molar-refractivity contribution in [2.75, 3.05) is 47.9 Å². The van der Waals surface area contributed by atoms with Gasteiger partial charge in [-0.1, -0.05) is 12.1 Å². The second-order valence-electron chi connectivity index (χ2n) is 10.4. The van der Waals surface area contributed by atoms with Crippen molar-refractivity contribution in [3.63, 3.8) is 0 Å². The minimum absolute atomic E-state index is 0.0306. The Balaban J connectivity index is 1.21. The molecule has 0 saturated carbocycles. The Bertz CT molecular complexity index is 1350. The Morgan fingerprint density at radius 1 is 1.07 bits per heavy atom. The zero-order valence-corrected chi connectivity index (χ0v) is 22.7. The summed E-state index contributed by atoms with van der Waals surface area (Å²) < 4.78 is 12.0. The van der Waals surface area contributed by atoms with E-state index in [4.69, 9.17) is 19.6 Å². The van der Waals surface area contributed by atoms with Crippen LogP contribution in [0.4, 0.5) is 17.5 Å². The third kappa shape index (κ3) is 6.08. The lowest BCUT2D eigenvalue weighted by atomic mass is 9.89. The van der Waals surface area contributed by atoms with Gasteiger partial charge < -0.3 is 29.7 Å². The molecule has 4 heterocycles. The molecule has 0 aliphatic carbocycles. The van der Waals surface area contributed by atoms with Gasteiger partial charge >= 0.3 is 5.97 Å². The third-order valence-electron chi connectivity index (χ3n) is 7.35. The van der Waals surface area contributed by atoms with Gasteiger partial charge in [0, 0.05) is 25.8 Å². The van der Waals surface area contributed by atoms with Gasteiger partial charge in [-0.05, 0) is 57.4 Å². The summed E-state index contributed by atoms with van der Waals surface area (Å²) in [5.41, 5.74) is -0.535. The number of nitrogens with one attached hydrogen (secondary N) is 1. The minimum Gasteiger partial charge on any atom is -0.490 e. The number of hydrogen-bond acceptors (Lipinski definition) is 9. The van der Waals surface area contributed by atoms with Crippen molar-refractivity contribution in [2.45, 2.75) is 39.2 Å². The number of benzene rings is 1. The van der Waals surface area contributed by atoms with Crippen LogP contribution in [0.5, 0.6) is 11.5 Å². The molecule has 1 unspecified atom stereocenters. The minimum atomic E-state index is -1.02. The molecular weight excluding hydrogens is 512 g/mol. The molecule has 1 amide bonds. The summed E-state index contributed by atoms with van der Waals surface area (Å²) in [7, 11) is 0. The molecule has 0 radical (unpaired) electrons. The quantitative estimate of drug-likeness (QED) is 0.408. The number of pyridine rings is 1. The summed E-state index contributed by atoms with van der Waals surface area (Å²) in [6.07, 6.45) is 7.05. The molecule has 2 atom stereocenters. The first-order valence-corrected chi connectivity index (χ1v) is 13.6. The predicted octanol–water partition coefficient (Wildman–Crippen LogP) is 3.87. The monoisotopic (exact) mass is 546 g/mol. The van der Waals surface area contributed by atoms with Gasteiger partial charge in [0.2, 0.25) is 5.91 Å². The predicted molar refractivity (Wildman–Crippen MR) is 150 cm³/mol. The molecule has 0 bridgehead atoms. The van der Waals surface area contributed by atoms with Gasteiger partial charge in [0.15, 0.2) is 17.3 Å². The number of carbonyl (C=O) groups excluding carboxylic acids is 1. The van der Waals surface area contributed by atoms with E-state index in [0.717, 1.165) is 30.9 Å². The number of para-hydroxylation sites is 2. The number of aromatic carboxylic acids is 1. The van der Waals surface area contributed by atoms with E-state index in [1.54, 1.807) is 18.5 Å². The lowest BCUT2D eigenvalue weighted by Crippen LogP contribution is -2.42. The number of carboxylic acids is 1. The van der Waals surface area contributed by atoms with E-state index in [-0.39, 0.29) is 17.6 Å². The van der Waals surface area contributed by atoms with Gasteiger partial charge in [-0.15, -0.1) is 0 Å². The molecule has 11 heteroatoms. The van der Waals surface area contributed by atoms with Crippen LogP contribution in [0.2, 0.25) is 0 Å². The molecule has 2 aliphatic rings. The fourth-order valence-corrected chi connectivity index (χ4v) is 5.12. The van der Waals surface area contributed by atoms with E-state index in [9.17, 15) is 9.59 Å². The number of carbonyl (C=O) groups is 2. The molecule has 40 heavy (non-hydrogen) atoms. The van der Waals surface area contributed by atoms with Gasteiger partial charge in [0.05, 0.1) is 36.5 Å². The summed E-state index contributed by atoms with van der Waals surface area (Å²) in [5.74, 6) is 2.03. The van der Waals surface area contributed by atoms with E-state index < -0.39 is 11.4 Å². The Morgan fingerprint density at radius 2 is 1.90 bits per heavy atom.